The van der Waals surface area contributed by atoms with E-state index >= 15 is 0 Å². The summed E-state index contributed by atoms with van der Waals surface area (Å²) in [5.74, 6) is 0.560. The molecule has 0 saturated carbocycles. The summed E-state index contributed by atoms with van der Waals surface area (Å²) >= 11 is 6.65. The second-order valence-electron chi connectivity index (χ2n) is 14.3. The number of amides is 2. The highest BCUT2D eigenvalue weighted by Crippen LogP contribution is 2.34. The number of nitrogens with zero attached hydrogens (tertiary/aromatic N) is 3. The van der Waals surface area contributed by atoms with E-state index in [4.69, 9.17) is 21.1 Å². The zero-order valence-electron chi connectivity index (χ0n) is 31.4. The van der Waals surface area contributed by atoms with Crippen LogP contribution in [-0.2, 0) is 19.7 Å². The lowest BCUT2D eigenvalue weighted by atomic mass is 9.92. The summed E-state index contributed by atoms with van der Waals surface area (Å²) in [5, 5.41) is 14.4. The molecule has 278 valence electrons. The number of H-pyrrole nitrogens is 1. The van der Waals surface area contributed by atoms with Gasteiger partial charge in [-0.1, -0.05) is 123 Å². The number of anilines is 2. The minimum absolute atomic E-state index is 0.0455. The molecular weight excluding hydrogens is 664 g/mol. The second-order valence-corrected chi connectivity index (χ2v) is 14.7. The van der Waals surface area contributed by atoms with Crippen molar-refractivity contribution in [3.8, 4) is 17.1 Å². The first-order valence-corrected chi connectivity index (χ1v) is 19.1. The molecule has 0 saturated heterocycles. The van der Waals surface area contributed by atoms with Gasteiger partial charge in [0.2, 0.25) is 5.91 Å². The predicted octanol–water partition coefficient (Wildman–Crippen LogP) is 10.4. The first kappa shape index (κ1) is 39.9. The van der Waals surface area contributed by atoms with Crippen molar-refractivity contribution < 1.29 is 19.1 Å². The highest BCUT2D eigenvalue weighted by molar-refractivity contribution is 6.34. The van der Waals surface area contributed by atoms with Gasteiger partial charge in [0.1, 0.15) is 10.8 Å². The number of aromatic amines is 1. The molecule has 10 nitrogen and oxygen atoms in total. The number of carbonyl (C=O) groups is 2. The van der Waals surface area contributed by atoms with Crippen molar-refractivity contribution >= 4 is 40.4 Å². The van der Waals surface area contributed by atoms with Crippen LogP contribution in [-0.4, -0.2) is 45.3 Å². The van der Waals surface area contributed by atoms with Crippen molar-refractivity contribution in [1.82, 2.24) is 19.8 Å². The molecule has 0 fully saturated rings. The molecule has 4 rings (SSSR count). The molecule has 2 aromatic heterocycles. The summed E-state index contributed by atoms with van der Waals surface area (Å²) in [6, 6.07) is 12.7. The number of ether oxygens (including phenoxy) is 2. The van der Waals surface area contributed by atoms with E-state index in [0.717, 1.165) is 37.8 Å². The van der Waals surface area contributed by atoms with Crippen LogP contribution in [0, 0.1) is 0 Å². The molecule has 2 aromatic carbocycles. The number of fused-ring (bicyclic) bond motifs is 1. The fourth-order valence-corrected chi connectivity index (χ4v) is 6.48. The largest absolute Gasteiger partial charge is 0.496 e. The third kappa shape index (κ3) is 11.6. The number of unbranched alkanes of at least 4 members (excludes halogenated alkanes) is 10. The maximum absolute atomic E-state index is 13.9. The van der Waals surface area contributed by atoms with E-state index in [9.17, 15) is 9.59 Å². The normalized spacial score (nSPS) is 12.3. The predicted molar refractivity (Wildman–Crippen MR) is 207 cm³/mol. The van der Waals surface area contributed by atoms with Crippen LogP contribution in [0.4, 0.5) is 11.4 Å². The van der Waals surface area contributed by atoms with E-state index in [1.165, 1.54) is 44.9 Å². The number of nitrogens with one attached hydrogen (secondary N) is 3. The highest BCUT2D eigenvalue weighted by atomic mass is 35.5. The lowest BCUT2D eigenvalue weighted by Gasteiger charge is -2.21. The highest BCUT2D eigenvalue weighted by Gasteiger charge is 2.27. The van der Waals surface area contributed by atoms with E-state index in [0.29, 0.717) is 57.8 Å². The Balaban J connectivity index is 1.42. The molecule has 2 amide bonds. The average molecular weight is 721 g/mol. The van der Waals surface area contributed by atoms with Crippen molar-refractivity contribution in [2.75, 3.05) is 24.4 Å². The van der Waals surface area contributed by atoms with Crippen LogP contribution < -0.4 is 15.4 Å². The molecule has 0 radical (unpaired) electrons. The molecule has 0 aliphatic heterocycles. The molecule has 51 heavy (non-hydrogen) atoms. The summed E-state index contributed by atoms with van der Waals surface area (Å²) < 4.78 is 13.4. The van der Waals surface area contributed by atoms with Gasteiger partial charge in [0, 0.05) is 40.9 Å². The van der Waals surface area contributed by atoms with Gasteiger partial charge in [-0.2, -0.15) is 4.63 Å². The van der Waals surface area contributed by atoms with Crippen molar-refractivity contribution in [3.63, 3.8) is 0 Å². The topological polar surface area (TPSA) is 123 Å². The Morgan fingerprint density at radius 3 is 2.20 bits per heavy atom. The van der Waals surface area contributed by atoms with E-state index in [1.807, 2.05) is 18.2 Å². The van der Waals surface area contributed by atoms with Gasteiger partial charge in [-0.3, -0.25) is 14.7 Å². The summed E-state index contributed by atoms with van der Waals surface area (Å²) in [4.78, 5) is 31.4. The van der Waals surface area contributed by atoms with E-state index < -0.39 is 6.10 Å². The summed E-state index contributed by atoms with van der Waals surface area (Å²) in [6.45, 7) is 10.9. The SMILES string of the molecule is CCCCCCCCCCCCC(=O)Nc1ccc(OC)c(C(OCCCC)C(=O)Nc2cccc(-c3nc4c(Cl)c(C(C)(C)C)[nH]n4n3)c2)c1. The minimum Gasteiger partial charge on any atom is -0.496 e. The van der Waals surface area contributed by atoms with Gasteiger partial charge in [-0.25, -0.2) is 4.98 Å². The third-order valence-corrected chi connectivity index (χ3v) is 9.31. The molecule has 0 aliphatic carbocycles. The molecule has 2 heterocycles. The Morgan fingerprint density at radius 1 is 0.882 bits per heavy atom. The van der Waals surface area contributed by atoms with E-state index in [2.05, 4.69) is 60.4 Å². The van der Waals surface area contributed by atoms with Crippen molar-refractivity contribution in [2.24, 2.45) is 0 Å². The smallest absolute Gasteiger partial charge is 0.258 e. The Hall–Kier alpha value is -3.89. The fourth-order valence-electron chi connectivity index (χ4n) is 6.03. The van der Waals surface area contributed by atoms with Crippen LogP contribution in [0.3, 0.4) is 0 Å². The average Bonchev–Trinajstić information content (AvgIpc) is 3.67. The number of halogens is 1. The molecule has 3 N–H and O–H groups in total. The van der Waals surface area contributed by atoms with Crippen LogP contribution in [0.15, 0.2) is 42.5 Å². The second kappa shape index (κ2) is 19.6. The van der Waals surface area contributed by atoms with Crippen LogP contribution in [0.2, 0.25) is 5.02 Å². The van der Waals surface area contributed by atoms with Gasteiger partial charge >= 0.3 is 0 Å². The number of methoxy groups -OCH3 is 1. The van der Waals surface area contributed by atoms with Crippen molar-refractivity contribution in [2.45, 2.75) is 130 Å². The minimum atomic E-state index is -0.979. The van der Waals surface area contributed by atoms with Gasteiger partial charge in [-0.05, 0) is 43.2 Å². The first-order valence-electron chi connectivity index (χ1n) is 18.7. The van der Waals surface area contributed by atoms with E-state index in [1.54, 1.807) is 36.0 Å². The number of rotatable bonds is 21. The molecule has 1 unspecified atom stereocenters. The zero-order valence-corrected chi connectivity index (χ0v) is 32.1. The van der Waals surface area contributed by atoms with Gasteiger partial charge in [-0.15, -0.1) is 5.10 Å². The molecule has 1 atom stereocenters. The molecule has 0 spiro atoms. The number of hydrogen-bond acceptors (Lipinski definition) is 6. The summed E-state index contributed by atoms with van der Waals surface area (Å²) in [7, 11) is 1.56. The fraction of sp³-hybridized carbons (Fsp3) is 0.550. The number of benzene rings is 2. The van der Waals surface area contributed by atoms with Crippen LogP contribution in [0.25, 0.3) is 17.0 Å². The van der Waals surface area contributed by atoms with Gasteiger partial charge in [0.25, 0.3) is 5.91 Å². The van der Waals surface area contributed by atoms with Crippen molar-refractivity contribution in [1.29, 1.82) is 0 Å². The van der Waals surface area contributed by atoms with Crippen molar-refractivity contribution in [3.05, 3.63) is 58.7 Å². The quantitative estimate of drug-likeness (QED) is 0.0736. The lowest BCUT2D eigenvalue weighted by molar-refractivity contribution is -0.128. The third-order valence-electron chi connectivity index (χ3n) is 8.95. The Morgan fingerprint density at radius 2 is 1.55 bits per heavy atom. The molecule has 11 heteroatoms. The molecular formula is C40H57ClN6O4. The summed E-state index contributed by atoms with van der Waals surface area (Å²) in [5.41, 5.74) is 3.60. The Bertz CT molecular complexity index is 1710. The molecule has 0 bridgehead atoms. The molecule has 4 aromatic rings. The van der Waals surface area contributed by atoms with E-state index in [-0.39, 0.29) is 17.2 Å². The van der Waals surface area contributed by atoms with Crippen LogP contribution >= 0.6 is 11.6 Å². The maximum atomic E-state index is 13.9. The van der Waals surface area contributed by atoms with Crippen LogP contribution in [0.1, 0.15) is 135 Å². The van der Waals surface area contributed by atoms with Gasteiger partial charge < -0.3 is 20.1 Å². The number of carbonyl (C=O) groups excluding carboxylic acids is 2. The summed E-state index contributed by atoms with van der Waals surface area (Å²) in [6.07, 6.45) is 13.3. The van der Waals surface area contributed by atoms with Gasteiger partial charge in [0.05, 0.1) is 12.8 Å². The zero-order chi connectivity index (χ0) is 36.8. The maximum Gasteiger partial charge on any atom is 0.258 e. The molecule has 0 aliphatic rings. The van der Waals surface area contributed by atoms with Gasteiger partial charge in [0.15, 0.2) is 17.6 Å². The standard InChI is InChI=1S/C40H57ClN6O4/c1-7-9-11-12-13-14-15-16-17-18-22-33(48)42-30-23-24-32(50-6)31(27-30)35(51-25-10-8-2)39(49)43-29-21-19-20-28(26-29)37-44-38-34(41)36(40(3,4)5)45-47(38)46-37/h19-21,23-24,26-27,35,45H,7-18,22,25H2,1-6H3,(H,42,48)(H,43,49). The number of aromatic nitrogens is 4. The first-order chi connectivity index (χ1) is 24.5. The Kier molecular flexibility index (Phi) is 15.4. The monoisotopic (exact) mass is 720 g/mol. The Labute approximate surface area is 308 Å². The van der Waals surface area contributed by atoms with Crippen LogP contribution in [0.5, 0.6) is 5.75 Å². The number of hydrogen-bond donors (Lipinski definition) is 3. The lowest BCUT2D eigenvalue weighted by Crippen LogP contribution is -2.25.